The average molecular weight is 256 g/mol. The van der Waals surface area contributed by atoms with Crippen molar-refractivity contribution in [3.05, 3.63) is 34.3 Å². The molecule has 1 aliphatic heterocycles. The van der Waals surface area contributed by atoms with E-state index >= 15 is 0 Å². The molecule has 0 saturated carbocycles. The molecule has 1 atom stereocenters. The Balaban J connectivity index is 2.14. The number of morpholine rings is 1. The van der Waals surface area contributed by atoms with Crippen LogP contribution < -0.4 is 5.32 Å². The van der Waals surface area contributed by atoms with Crippen LogP contribution in [0.3, 0.4) is 0 Å². The Morgan fingerprint density at radius 3 is 2.71 bits per heavy atom. The summed E-state index contributed by atoms with van der Waals surface area (Å²) in [5.74, 6) is -0.0517. The predicted octanol–water partition coefficient (Wildman–Crippen LogP) is 1.64. The summed E-state index contributed by atoms with van der Waals surface area (Å²) in [5, 5.41) is 2.87. The highest BCUT2D eigenvalue weighted by atomic mass is 79.9. The number of halogens is 1. The van der Waals surface area contributed by atoms with Crippen LogP contribution in [-0.4, -0.2) is 19.1 Å². The molecule has 0 aliphatic carbocycles. The molecule has 4 heteroatoms. The highest BCUT2D eigenvalue weighted by Gasteiger charge is 2.19. The van der Waals surface area contributed by atoms with Crippen LogP contribution in [-0.2, 0) is 9.53 Å². The second-order valence-corrected chi connectivity index (χ2v) is 4.10. The molecule has 1 heterocycles. The van der Waals surface area contributed by atoms with Crippen molar-refractivity contribution in [1.82, 2.24) is 5.32 Å². The molecule has 74 valence electrons. The van der Waals surface area contributed by atoms with Gasteiger partial charge in [0.1, 0.15) is 6.61 Å². The molecule has 0 radical (unpaired) electrons. The molecular weight excluding hydrogens is 246 g/mol. The normalized spacial score (nSPS) is 21.8. The van der Waals surface area contributed by atoms with Crippen molar-refractivity contribution in [3.63, 3.8) is 0 Å². The first kappa shape index (κ1) is 9.68. The summed E-state index contributed by atoms with van der Waals surface area (Å²) in [6.45, 7) is 0.723. The third-order valence-electron chi connectivity index (χ3n) is 2.13. The second-order valence-electron chi connectivity index (χ2n) is 3.19. The van der Waals surface area contributed by atoms with E-state index in [1.165, 1.54) is 0 Å². The molecule has 1 N–H and O–H groups in total. The fraction of sp³-hybridized carbons (Fsp3) is 0.300. The van der Waals surface area contributed by atoms with Gasteiger partial charge in [-0.3, -0.25) is 4.79 Å². The first-order valence-corrected chi connectivity index (χ1v) is 5.17. The lowest BCUT2D eigenvalue weighted by atomic mass is 10.1. The summed E-state index contributed by atoms with van der Waals surface area (Å²) >= 11 is 3.36. The molecule has 14 heavy (non-hydrogen) atoms. The highest BCUT2D eigenvalue weighted by molar-refractivity contribution is 9.10. The lowest BCUT2D eigenvalue weighted by molar-refractivity contribution is -0.131. The minimum absolute atomic E-state index is 0.00986. The number of ether oxygens (including phenoxy) is 1. The van der Waals surface area contributed by atoms with Crippen molar-refractivity contribution in [1.29, 1.82) is 0 Å². The second kappa shape index (κ2) is 4.11. The molecule has 0 aromatic heterocycles. The van der Waals surface area contributed by atoms with Crippen molar-refractivity contribution in [2.75, 3.05) is 13.2 Å². The number of nitrogens with one attached hydrogen (secondary N) is 1. The number of amides is 1. The summed E-state index contributed by atoms with van der Waals surface area (Å²) in [5.41, 5.74) is 1.07. The average Bonchev–Trinajstić information content (AvgIpc) is 2.19. The van der Waals surface area contributed by atoms with Gasteiger partial charge in [0.25, 0.3) is 0 Å². The molecule has 0 spiro atoms. The van der Waals surface area contributed by atoms with Crippen LogP contribution >= 0.6 is 15.9 Å². The SMILES string of the molecule is O=C1COC[C@@H](c2ccc(Br)cc2)N1. The lowest BCUT2D eigenvalue weighted by Gasteiger charge is -2.23. The van der Waals surface area contributed by atoms with Crippen LogP contribution in [0.1, 0.15) is 11.6 Å². The van der Waals surface area contributed by atoms with Crippen LogP contribution in [0.2, 0.25) is 0 Å². The van der Waals surface area contributed by atoms with Crippen LogP contribution in [0.4, 0.5) is 0 Å². The molecule has 1 aromatic rings. The first-order valence-electron chi connectivity index (χ1n) is 4.38. The van der Waals surface area contributed by atoms with Gasteiger partial charge in [0, 0.05) is 4.47 Å². The van der Waals surface area contributed by atoms with Gasteiger partial charge in [-0.15, -0.1) is 0 Å². The fourth-order valence-corrected chi connectivity index (χ4v) is 1.69. The van der Waals surface area contributed by atoms with Gasteiger partial charge in [-0.2, -0.15) is 0 Å². The first-order chi connectivity index (χ1) is 6.75. The topological polar surface area (TPSA) is 38.3 Å². The van der Waals surface area contributed by atoms with Gasteiger partial charge < -0.3 is 10.1 Å². The summed E-state index contributed by atoms with van der Waals surface area (Å²) in [7, 11) is 0. The Bertz CT molecular complexity index is 336. The number of benzene rings is 1. The maximum Gasteiger partial charge on any atom is 0.246 e. The molecule has 1 saturated heterocycles. The highest BCUT2D eigenvalue weighted by Crippen LogP contribution is 2.18. The van der Waals surface area contributed by atoms with E-state index in [9.17, 15) is 4.79 Å². The third-order valence-corrected chi connectivity index (χ3v) is 2.65. The Labute approximate surface area is 90.6 Å². The molecular formula is C10H10BrNO2. The van der Waals surface area contributed by atoms with E-state index in [1.807, 2.05) is 24.3 Å². The standard InChI is InChI=1S/C10H10BrNO2/c11-8-3-1-7(2-4-8)9-5-14-6-10(13)12-9/h1-4,9H,5-6H2,(H,12,13)/t9-/m0/s1. The smallest absolute Gasteiger partial charge is 0.246 e. The number of carbonyl (C=O) groups is 1. The van der Waals surface area contributed by atoms with E-state index in [0.717, 1.165) is 10.0 Å². The minimum atomic E-state index is -0.0517. The van der Waals surface area contributed by atoms with Crippen molar-refractivity contribution in [2.45, 2.75) is 6.04 Å². The van der Waals surface area contributed by atoms with Gasteiger partial charge in [-0.05, 0) is 17.7 Å². The predicted molar refractivity (Wildman–Crippen MR) is 55.8 cm³/mol. The molecule has 2 rings (SSSR count). The van der Waals surface area contributed by atoms with Crippen LogP contribution in [0.25, 0.3) is 0 Å². The van der Waals surface area contributed by atoms with E-state index in [0.29, 0.717) is 6.61 Å². The van der Waals surface area contributed by atoms with Crippen LogP contribution in [0.15, 0.2) is 28.7 Å². The number of carbonyl (C=O) groups excluding carboxylic acids is 1. The summed E-state index contributed by atoms with van der Waals surface area (Å²) in [6.07, 6.45) is 0. The molecule has 1 fully saturated rings. The van der Waals surface area contributed by atoms with Gasteiger partial charge >= 0.3 is 0 Å². The molecule has 1 aromatic carbocycles. The summed E-state index contributed by atoms with van der Waals surface area (Å²) in [4.78, 5) is 11.1. The molecule has 3 nitrogen and oxygen atoms in total. The van der Waals surface area contributed by atoms with Gasteiger partial charge in [0.15, 0.2) is 0 Å². The lowest BCUT2D eigenvalue weighted by Crippen LogP contribution is -2.39. The zero-order valence-electron chi connectivity index (χ0n) is 7.50. The maximum absolute atomic E-state index is 11.1. The molecule has 1 amide bonds. The Hall–Kier alpha value is -0.870. The van der Waals surface area contributed by atoms with Gasteiger partial charge in [-0.25, -0.2) is 0 Å². The number of hydrogen-bond acceptors (Lipinski definition) is 2. The van der Waals surface area contributed by atoms with Crippen molar-refractivity contribution in [3.8, 4) is 0 Å². The van der Waals surface area contributed by atoms with E-state index < -0.39 is 0 Å². The molecule has 0 unspecified atom stereocenters. The minimum Gasteiger partial charge on any atom is -0.369 e. The maximum atomic E-state index is 11.1. The Kier molecular flexibility index (Phi) is 2.84. The van der Waals surface area contributed by atoms with Crippen molar-refractivity contribution in [2.24, 2.45) is 0 Å². The van der Waals surface area contributed by atoms with E-state index in [1.54, 1.807) is 0 Å². The van der Waals surface area contributed by atoms with E-state index in [4.69, 9.17) is 4.74 Å². The summed E-state index contributed by atoms with van der Waals surface area (Å²) < 4.78 is 6.19. The Morgan fingerprint density at radius 1 is 1.36 bits per heavy atom. The zero-order chi connectivity index (χ0) is 9.97. The van der Waals surface area contributed by atoms with Crippen molar-refractivity contribution >= 4 is 21.8 Å². The van der Waals surface area contributed by atoms with Gasteiger partial charge in [0.05, 0.1) is 12.6 Å². The quantitative estimate of drug-likeness (QED) is 0.829. The number of hydrogen-bond donors (Lipinski definition) is 1. The van der Waals surface area contributed by atoms with Crippen molar-refractivity contribution < 1.29 is 9.53 Å². The number of rotatable bonds is 1. The third kappa shape index (κ3) is 2.13. The van der Waals surface area contributed by atoms with Gasteiger partial charge in [-0.1, -0.05) is 28.1 Å². The largest absolute Gasteiger partial charge is 0.369 e. The molecule has 0 bridgehead atoms. The van der Waals surface area contributed by atoms with E-state index in [-0.39, 0.29) is 18.6 Å². The molecule has 1 aliphatic rings. The monoisotopic (exact) mass is 255 g/mol. The van der Waals surface area contributed by atoms with Gasteiger partial charge in [0.2, 0.25) is 5.91 Å². The van der Waals surface area contributed by atoms with Crippen LogP contribution in [0, 0.1) is 0 Å². The van der Waals surface area contributed by atoms with Crippen LogP contribution in [0.5, 0.6) is 0 Å². The fourth-order valence-electron chi connectivity index (χ4n) is 1.42. The summed E-state index contributed by atoms with van der Waals surface area (Å²) in [6, 6.07) is 7.85. The zero-order valence-corrected chi connectivity index (χ0v) is 9.08. The Morgan fingerprint density at radius 2 is 2.07 bits per heavy atom. The van der Waals surface area contributed by atoms with E-state index in [2.05, 4.69) is 21.2 Å².